The van der Waals surface area contributed by atoms with Crippen molar-refractivity contribution in [2.24, 2.45) is 0 Å². The fourth-order valence-electron chi connectivity index (χ4n) is 2.29. The van der Waals surface area contributed by atoms with Crippen molar-refractivity contribution in [2.75, 3.05) is 12.4 Å². The zero-order chi connectivity index (χ0) is 15.5. The summed E-state index contributed by atoms with van der Waals surface area (Å²) in [6, 6.07) is 14.4. The molecule has 114 valence electrons. The number of nitrogens with one attached hydrogen (secondary N) is 1. The molecule has 1 aliphatic rings. The number of benzene rings is 2. The van der Waals surface area contributed by atoms with Crippen LogP contribution in [0.5, 0.6) is 17.2 Å². The molecule has 0 aromatic heterocycles. The molecule has 0 bridgehead atoms. The van der Waals surface area contributed by atoms with Gasteiger partial charge < -0.3 is 19.5 Å². The molecule has 22 heavy (non-hydrogen) atoms. The maximum atomic E-state index is 12.4. The second-order valence-electron chi connectivity index (χ2n) is 5.03. The van der Waals surface area contributed by atoms with Crippen LogP contribution in [0, 0.1) is 0 Å². The molecule has 2 aromatic carbocycles. The standard InChI is InChI=1S/C17H17NO4/c1-11-16(22-15-6-4-3-5-14(15)21-11)17(19)18-12-7-9-13(20-2)10-8-12/h3-11,16H,1-2H3,(H,18,19)/t11-,16+/m1/s1. The van der Waals surface area contributed by atoms with Crippen molar-refractivity contribution in [1.82, 2.24) is 0 Å². The zero-order valence-electron chi connectivity index (χ0n) is 12.4. The van der Waals surface area contributed by atoms with Crippen molar-refractivity contribution >= 4 is 11.6 Å². The van der Waals surface area contributed by atoms with Crippen LogP contribution in [0.25, 0.3) is 0 Å². The van der Waals surface area contributed by atoms with Gasteiger partial charge in [-0.05, 0) is 43.3 Å². The van der Waals surface area contributed by atoms with E-state index in [1.54, 1.807) is 37.4 Å². The molecule has 0 fully saturated rings. The first-order valence-corrected chi connectivity index (χ1v) is 7.04. The van der Waals surface area contributed by atoms with Gasteiger partial charge in [-0.3, -0.25) is 4.79 Å². The first-order valence-electron chi connectivity index (χ1n) is 7.04. The summed E-state index contributed by atoms with van der Waals surface area (Å²) in [5, 5.41) is 2.82. The van der Waals surface area contributed by atoms with Crippen LogP contribution in [0.4, 0.5) is 5.69 Å². The van der Waals surface area contributed by atoms with Crippen molar-refractivity contribution in [1.29, 1.82) is 0 Å². The van der Waals surface area contributed by atoms with E-state index < -0.39 is 6.10 Å². The Hall–Kier alpha value is -2.69. The second kappa shape index (κ2) is 5.97. The minimum atomic E-state index is -0.697. The number of carbonyl (C=O) groups is 1. The summed E-state index contributed by atoms with van der Waals surface area (Å²) in [5.41, 5.74) is 0.681. The van der Waals surface area contributed by atoms with Crippen LogP contribution in [0.2, 0.25) is 0 Å². The summed E-state index contributed by atoms with van der Waals surface area (Å²) < 4.78 is 16.6. The maximum absolute atomic E-state index is 12.4. The smallest absolute Gasteiger partial charge is 0.269 e. The molecule has 0 saturated carbocycles. The van der Waals surface area contributed by atoms with E-state index in [-0.39, 0.29) is 12.0 Å². The number of fused-ring (bicyclic) bond motifs is 1. The van der Waals surface area contributed by atoms with E-state index in [0.717, 1.165) is 5.75 Å². The molecule has 5 heteroatoms. The molecular weight excluding hydrogens is 282 g/mol. The van der Waals surface area contributed by atoms with Crippen molar-refractivity contribution in [3.63, 3.8) is 0 Å². The number of para-hydroxylation sites is 2. The van der Waals surface area contributed by atoms with Gasteiger partial charge in [0.2, 0.25) is 6.10 Å². The van der Waals surface area contributed by atoms with Gasteiger partial charge in [0.15, 0.2) is 11.5 Å². The van der Waals surface area contributed by atoms with Crippen LogP contribution in [0.15, 0.2) is 48.5 Å². The van der Waals surface area contributed by atoms with Gasteiger partial charge in [0.05, 0.1) is 7.11 Å². The third-order valence-corrected chi connectivity index (χ3v) is 3.46. The molecule has 1 N–H and O–H groups in total. The summed E-state index contributed by atoms with van der Waals surface area (Å²) in [6.45, 7) is 1.81. The number of rotatable bonds is 3. The lowest BCUT2D eigenvalue weighted by Crippen LogP contribution is -2.46. The Morgan fingerprint density at radius 1 is 1.05 bits per heavy atom. The fraction of sp³-hybridized carbons (Fsp3) is 0.235. The Bertz CT molecular complexity index is 669. The van der Waals surface area contributed by atoms with Crippen molar-refractivity contribution in [3.05, 3.63) is 48.5 Å². The number of hydrogen-bond acceptors (Lipinski definition) is 4. The van der Waals surface area contributed by atoms with Crippen LogP contribution < -0.4 is 19.5 Å². The van der Waals surface area contributed by atoms with Gasteiger partial charge in [-0.2, -0.15) is 0 Å². The van der Waals surface area contributed by atoms with E-state index >= 15 is 0 Å². The van der Waals surface area contributed by atoms with E-state index in [9.17, 15) is 4.79 Å². The number of carbonyl (C=O) groups excluding carboxylic acids is 1. The number of hydrogen-bond donors (Lipinski definition) is 1. The molecule has 5 nitrogen and oxygen atoms in total. The normalized spacial score (nSPS) is 19.4. The second-order valence-corrected chi connectivity index (χ2v) is 5.03. The fourth-order valence-corrected chi connectivity index (χ4v) is 2.29. The summed E-state index contributed by atoms with van der Waals surface area (Å²) in [5.74, 6) is 1.73. The summed E-state index contributed by atoms with van der Waals surface area (Å²) in [4.78, 5) is 12.4. The average molecular weight is 299 g/mol. The SMILES string of the molecule is COc1ccc(NC(=O)[C@H]2Oc3ccccc3O[C@@H]2C)cc1. The molecule has 3 rings (SSSR count). The quantitative estimate of drug-likeness (QED) is 0.947. The van der Waals surface area contributed by atoms with Crippen LogP contribution in [0.3, 0.4) is 0 Å². The number of ether oxygens (including phenoxy) is 3. The van der Waals surface area contributed by atoms with Gasteiger partial charge in [-0.1, -0.05) is 12.1 Å². The van der Waals surface area contributed by atoms with Gasteiger partial charge >= 0.3 is 0 Å². The Morgan fingerprint density at radius 2 is 1.68 bits per heavy atom. The van der Waals surface area contributed by atoms with Crippen LogP contribution in [0.1, 0.15) is 6.92 Å². The minimum Gasteiger partial charge on any atom is -0.497 e. The largest absolute Gasteiger partial charge is 0.497 e. The third kappa shape index (κ3) is 2.83. The first-order chi connectivity index (χ1) is 10.7. The molecule has 2 atom stereocenters. The highest BCUT2D eigenvalue weighted by Gasteiger charge is 2.34. The molecule has 0 spiro atoms. The number of anilines is 1. The van der Waals surface area contributed by atoms with E-state index in [4.69, 9.17) is 14.2 Å². The highest BCUT2D eigenvalue weighted by atomic mass is 16.6. The predicted octanol–water partition coefficient (Wildman–Crippen LogP) is 2.86. The van der Waals surface area contributed by atoms with Crippen molar-refractivity contribution in [3.8, 4) is 17.2 Å². The zero-order valence-corrected chi connectivity index (χ0v) is 12.4. The lowest BCUT2D eigenvalue weighted by atomic mass is 10.1. The summed E-state index contributed by atoms with van der Waals surface area (Å²) in [7, 11) is 1.60. The van der Waals surface area contributed by atoms with E-state index in [0.29, 0.717) is 17.2 Å². The molecule has 1 heterocycles. The molecular formula is C17H17NO4. The van der Waals surface area contributed by atoms with E-state index in [2.05, 4.69) is 5.32 Å². The monoisotopic (exact) mass is 299 g/mol. The molecule has 1 aliphatic heterocycles. The van der Waals surface area contributed by atoms with Gasteiger partial charge in [-0.25, -0.2) is 0 Å². The average Bonchev–Trinajstić information content (AvgIpc) is 2.54. The van der Waals surface area contributed by atoms with Gasteiger partial charge in [-0.15, -0.1) is 0 Å². The van der Waals surface area contributed by atoms with Crippen molar-refractivity contribution < 1.29 is 19.0 Å². The minimum absolute atomic E-state index is 0.243. The predicted molar refractivity (Wildman–Crippen MR) is 82.6 cm³/mol. The highest BCUT2D eigenvalue weighted by Crippen LogP contribution is 2.33. The van der Waals surface area contributed by atoms with Crippen LogP contribution >= 0.6 is 0 Å². The third-order valence-electron chi connectivity index (χ3n) is 3.46. The Balaban J connectivity index is 1.72. The number of methoxy groups -OCH3 is 1. The first kappa shape index (κ1) is 14.3. The molecule has 0 saturated heterocycles. The lowest BCUT2D eigenvalue weighted by Gasteiger charge is -2.31. The molecule has 0 radical (unpaired) electrons. The Labute approximate surface area is 128 Å². The van der Waals surface area contributed by atoms with Gasteiger partial charge in [0.1, 0.15) is 11.9 Å². The summed E-state index contributed by atoms with van der Waals surface area (Å²) in [6.07, 6.45) is -1.06. The lowest BCUT2D eigenvalue weighted by molar-refractivity contribution is -0.128. The van der Waals surface area contributed by atoms with Crippen molar-refractivity contribution in [2.45, 2.75) is 19.1 Å². The van der Waals surface area contributed by atoms with Gasteiger partial charge in [0, 0.05) is 5.69 Å². The van der Waals surface area contributed by atoms with Crippen LogP contribution in [-0.4, -0.2) is 25.2 Å². The Kier molecular flexibility index (Phi) is 3.87. The van der Waals surface area contributed by atoms with E-state index in [1.165, 1.54) is 0 Å². The topological polar surface area (TPSA) is 56.8 Å². The molecule has 1 amide bonds. The molecule has 0 aliphatic carbocycles. The molecule has 0 unspecified atom stereocenters. The molecule has 2 aromatic rings. The highest BCUT2D eigenvalue weighted by molar-refractivity contribution is 5.95. The number of amides is 1. The van der Waals surface area contributed by atoms with E-state index in [1.807, 2.05) is 25.1 Å². The van der Waals surface area contributed by atoms with Gasteiger partial charge in [0.25, 0.3) is 5.91 Å². The Morgan fingerprint density at radius 3 is 2.32 bits per heavy atom. The maximum Gasteiger partial charge on any atom is 0.269 e. The summed E-state index contributed by atoms with van der Waals surface area (Å²) >= 11 is 0. The van der Waals surface area contributed by atoms with Crippen LogP contribution in [-0.2, 0) is 4.79 Å².